The molecule has 1 atom stereocenters. The van der Waals surface area contributed by atoms with Crippen molar-refractivity contribution in [3.05, 3.63) is 65.2 Å². The summed E-state index contributed by atoms with van der Waals surface area (Å²) in [5.41, 5.74) is 7.29. The Bertz CT molecular complexity index is 899. The van der Waals surface area contributed by atoms with Gasteiger partial charge in [-0.15, -0.1) is 0 Å². The molecule has 31 heavy (non-hydrogen) atoms. The van der Waals surface area contributed by atoms with Gasteiger partial charge in [-0.2, -0.15) is 0 Å². The lowest BCUT2D eigenvalue weighted by atomic mass is 10.1. The number of nitrogens with one attached hydrogen (secondary N) is 1. The summed E-state index contributed by atoms with van der Waals surface area (Å²) in [4.78, 5) is 37.1. The van der Waals surface area contributed by atoms with E-state index < -0.39 is 23.6 Å². The number of hydrogen-bond donors (Lipinski definition) is 2. The largest absolute Gasteiger partial charge is 0.457 e. The quantitative estimate of drug-likeness (QED) is 0.615. The fourth-order valence-corrected chi connectivity index (χ4v) is 2.74. The number of amides is 1. The fourth-order valence-electron chi connectivity index (χ4n) is 2.74. The number of rotatable bonds is 8. The van der Waals surface area contributed by atoms with Gasteiger partial charge in [-0.05, 0) is 57.0 Å². The second-order valence-electron chi connectivity index (χ2n) is 8.13. The predicted molar refractivity (Wildman–Crippen MR) is 118 cm³/mol. The van der Waals surface area contributed by atoms with Gasteiger partial charge >= 0.3 is 11.9 Å². The van der Waals surface area contributed by atoms with Crippen LogP contribution < -0.4 is 11.1 Å². The molecule has 2 aromatic carbocycles. The van der Waals surface area contributed by atoms with Crippen LogP contribution in [0.3, 0.4) is 0 Å². The van der Waals surface area contributed by atoms with Crippen LogP contribution in [-0.4, -0.2) is 23.4 Å². The molecule has 0 aliphatic rings. The minimum atomic E-state index is -1.17. The zero-order chi connectivity index (χ0) is 23.0. The molecule has 0 saturated carbocycles. The van der Waals surface area contributed by atoms with Crippen molar-refractivity contribution in [3.8, 4) is 0 Å². The highest BCUT2D eigenvalue weighted by atomic mass is 16.6. The number of nitrogens with two attached hydrogens (primary N) is 1. The highest BCUT2D eigenvalue weighted by molar-refractivity contribution is 6.04. The minimum absolute atomic E-state index is 0.205. The van der Waals surface area contributed by atoms with E-state index in [0.717, 1.165) is 5.56 Å². The van der Waals surface area contributed by atoms with Gasteiger partial charge in [0.25, 0.3) is 5.91 Å². The van der Waals surface area contributed by atoms with Crippen LogP contribution in [0.2, 0.25) is 0 Å². The highest BCUT2D eigenvalue weighted by Gasteiger charge is 2.30. The van der Waals surface area contributed by atoms with E-state index >= 15 is 0 Å². The maximum atomic E-state index is 12.6. The molecule has 0 aromatic heterocycles. The van der Waals surface area contributed by atoms with E-state index in [-0.39, 0.29) is 12.3 Å². The van der Waals surface area contributed by atoms with Gasteiger partial charge < -0.3 is 20.5 Å². The molecule has 7 heteroatoms. The molecule has 0 spiro atoms. The van der Waals surface area contributed by atoms with E-state index in [2.05, 4.69) is 5.32 Å². The molecule has 7 nitrogen and oxygen atoms in total. The first kappa shape index (κ1) is 24.1. The summed E-state index contributed by atoms with van der Waals surface area (Å²) < 4.78 is 10.8. The van der Waals surface area contributed by atoms with E-state index in [1.807, 2.05) is 6.92 Å². The molecule has 0 fully saturated rings. The first-order chi connectivity index (χ1) is 14.6. The van der Waals surface area contributed by atoms with Gasteiger partial charge in [0, 0.05) is 29.8 Å². The first-order valence-electron chi connectivity index (χ1n) is 10.3. The zero-order valence-corrected chi connectivity index (χ0v) is 18.4. The van der Waals surface area contributed by atoms with Crippen molar-refractivity contribution >= 4 is 23.5 Å². The Morgan fingerprint density at radius 3 is 2.13 bits per heavy atom. The van der Waals surface area contributed by atoms with Gasteiger partial charge in [0.05, 0.1) is 0 Å². The number of carbonyl (C=O) groups is 3. The maximum Gasteiger partial charge on any atom is 0.352 e. The smallest absolute Gasteiger partial charge is 0.352 e. The Morgan fingerprint density at radius 2 is 1.61 bits per heavy atom. The van der Waals surface area contributed by atoms with E-state index in [9.17, 15) is 14.4 Å². The number of ether oxygens (including phenoxy) is 2. The number of anilines is 1. The molecule has 0 heterocycles. The molecular weight excluding hydrogens is 396 g/mol. The molecule has 0 aliphatic carbocycles. The summed E-state index contributed by atoms with van der Waals surface area (Å²) >= 11 is 0. The van der Waals surface area contributed by atoms with Crippen LogP contribution in [0, 0.1) is 0 Å². The van der Waals surface area contributed by atoms with E-state index in [4.69, 9.17) is 15.2 Å². The number of benzene rings is 2. The molecule has 0 radical (unpaired) electrons. The molecule has 1 amide bonds. The third-order valence-electron chi connectivity index (χ3n) is 4.25. The molecule has 0 saturated heterocycles. The summed E-state index contributed by atoms with van der Waals surface area (Å²) in [6, 6.07) is 13.6. The molecular formula is C24H30N2O5. The van der Waals surface area contributed by atoms with Gasteiger partial charge in [-0.1, -0.05) is 31.2 Å². The normalized spacial score (nSPS) is 12.0. The summed E-state index contributed by atoms with van der Waals surface area (Å²) in [6.45, 7) is 7.49. The van der Waals surface area contributed by atoms with Crippen LogP contribution in [-0.2, 0) is 25.6 Å². The predicted octanol–water partition coefficient (Wildman–Crippen LogP) is 4.12. The summed E-state index contributed by atoms with van der Waals surface area (Å²) in [6.07, 6.45) is -0.361. The number of carbonyl (C=O) groups excluding carboxylic acids is 3. The van der Waals surface area contributed by atoms with Crippen molar-refractivity contribution in [1.82, 2.24) is 0 Å². The van der Waals surface area contributed by atoms with Crippen molar-refractivity contribution in [1.29, 1.82) is 0 Å². The molecule has 1 unspecified atom stereocenters. The SMILES string of the molecule is CCCC(=O)OC(C(=O)OC(C)(C)C)c1ccc(NC(=O)c2ccc(CN)cc2)cc1. The lowest BCUT2D eigenvalue weighted by Gasteiger charge is -2.24. The topological polar surface area (TPSA) is 108 Å². The molecule has 0 aliphatic heterocycles. The van der Waals surface area contributed by atoms with Crippen LogP contribution in [0.15, 0.2) is 48.5 Å². The van der Waals surface area contributed by atoms with Crippen molar-refractivity contribution in [3.63, 3.8) is 0 Å². The molecule has 2 rings (SSSR count). The second kappa shape index (κ2) is 10.7. The number of hydrogen-bond acceptors (Lipinski definition) is 6. The van der Waals surface area contributed by atoms with Crippen LogP contribution in [0.5, 0.6) is 0 Å². The Hall–Kier alpha value is -3.19. The summed E-state index contributed by atoms with van der Waals surface area (Å²) in [7, 11) is 0. The van der Waals surface area contributed by atoms with Crippen molar-refractivity contribution in [2.75, 3.05) is 5.32 Å². The summed E-state index contributed by atoms with van der Waals surface area (Å²) in [5.74, 6) is -1.39. The second-order valence-corrected chi connectivity index (χ2v) is 8.13. The monoisotopic (exact) mass is 426 g/mol. The average molecular weight is 427 g/mol. The van der Waals surface area contributed by atoms with Gasteiger partial charge in [-0.3, -0.25) is 9.59 Å². The van der Waals surface area contributed by atoms with Crippen molar-refractivity contribution in [2.45, 2.75) is 58.8 Å². The lowest BCUT2D eigenvalue weighted by Crippen LogP contribution is -2.30. The van der Waals surface area contributed by atoms with E-state index in [1.165, 1.54) is 0 Å². The fraction of sp³-hybridized carbons (Fsp3) is 0.375. The Labute approximate surface area is 182 Å². The Morgan fingerprint density at radius 1 is 1.00 bits per heavy atom. The highest BCUT2D eigenvalue weighted by Crippen LogP contribution is 2.25. The van der Waals surface area contributed by atoms with Crippen LogP contribution in [0.1, 0.15) is 68.1 Å². The molecule has 2 aromatic rings. The maximum absolute atomic E-state index is 12.6. The molecule has 3 N–H and O–H groups in total. The Kier molecular flexibility index (Phi) is 8.33. The van der Waals surface area contributed by atoms with Crippen LogP contribution >= 0.6 is 0 Å². The Balaban J connectivity index is 2.15. The zero-order valence-electron chi connectivity index (χ0n) is 18.4. The molecule has 0 bridgehead atoms. The van der Waals surface area contributed by atoms with Crippen LogP contribution in [0.25, 0.3) is 0 Å². The third kappa shape index (κ3) is 7.53. The van der Waals surface area contributed by atoms with Crippen molar-refractivity contribution < 1.29 is 23.9 Å². The minimum Gasteiger partial charge on any atom is -0.457 e. The standard InChI is InChI=1S/C24H30N2O5/c1-5-6-20(27)30-21(23(29)31-24(2,3)4)17-11-13-19(14-12-17)26-22(28)18-9-7-16(15-25)8-10-18/h7-14,21H,5-6,15,25H2,1-4H3,(H,26,28). The van der Waals surface area contributed by atoms with E-state index in [1.54, 1.807) is 69.3 Å². The first-order valence-corrected chi connectivity index (χ1v) is 10.3. The van der Waals surface area contributed by atoms with Gasteiger partial charge in [0.2, 0.25) is 6.10 Å². The lowest BCUT2D eigenvalue weighted by molar-refractivity contribution is -0.176. The average Bonchev–Trinajstić information content (AvgIpc) is 2.71. The third-order valence-corrected chi connectivity index (χ3v) is 4.25. The van der Waals surface area contributed by atoms with Gasteiger partial charge in [-0.25, -0.2) is 4.79 Å². The molecule has 166 valence electrons. The van der Waals surface area contributed by atoms with E-state index in [0.29, 0.717) is 29.8 Å². The van der Waals surface area contributed by atoms with Gasteiger partial charge in [0.15, 0.2) is 0 Å². The van der Waals surface area contributed by atoms with Crippen molar-refractivity contribution in [2.24, 2.45) is 5.73 Å². The summed E-state index contributed by atoms with van der Waals surface area (Å²) in [5, 5.41) is 2.80. The number of esters is 2. The van der Waals surface area contributed by atoms with Gasteiger partial charge in [0.1, 0.15) is 5.60 Å². The van der Waals surface area contributed by atoms with Crippen LogP contribution in [0.4, 0.5) is 5.69 Å².